The van der Waals surface area contributed by atoms with Crippen LogP contribution in [0.15, 0.2) is 6.20 Å². The van der Waals surface area contributed by atoms with Crippen molar-refractivity contribution in [1.29, 1.82) is 0 Å². The second-order valence-electron chi connectivity index (χ2n) is 6.48. The van der Waals surface area contributed by atoms with Gasteiger partial charge in [0.2, 0.25) is 0 Å². The number of rotatable bonds is 3. The molecule has 1 atom stereocenters. The van der Waals surface area contributed by atoms with E-state index in [0.717, 1.165) is 43.6 Å². The summed E-state index contributed by atoms with van der Waals surface area (Å²) >= 11 is 0. The van der Waals surface area contributed by atoms with Crippen molar-refractivity contribution in [3.8, 4) is 0 Å². The van der Waals surface area contributed by atoms with Crippen LogP contribution in [0.4, 0.5) is 0 Å². The van der Waals surface area contributed by atoms with Gasteiger partial charge in [0, 0.05) is 31.9 Å². The Morgan fingerprint density at radius 2 is 2.10 bits per heavy atom. The first-order valence-electron chi connectivity index (χ1n) is 7.76. The molecule has 0 spiro atoms. The van der Waals surface area contributed by atoms with E-state index in [1.807, 2.05) is 16.5 Å². The lowest BCUT2D eigenvalue weighted by molar-refractivity contribution is -0.00537. The number of methoxy groups -OCH3 is 1. The van der Waals surface area contributed by atoms with Crippen molar-refractivity contribution in [2.45, 2.75) is 58.6 Å². The molecule has 21 heavy (non-hydrogen) atoms. The number of nitrogens with zero attached hydrogens (tertiary/aromatic N) is 3. The quantitative estimate of drug-likeness (QED) is 0.861. The Morgan fingerprint density at radius 1 is 1.38 bits per heavy atom. The van der Waals surface area contributed by atoms with Crippen molar-refractivity contribution in [2.75, 3.05) is 20.2 Å². The molecular weight excluding hydrogens is 266 g/mol. The lowest BCUT2D eigenvalue weighted by atomic mass is 9.97. The molecule has 2 heterocycles. The lowest BCUT2D eigenvalue weighted by Crippen LogP contribution is -2.34. The summed E-state index contributed by atoms with van der Waals surface area (Å²) in [6.07, 6.45) is 4.57. The van der Waals surface area contributed by atoms with Gasteiger partial charge in [0.05, 0.1) is 17.4 Å². The molecule has 1 aliphatic heterocycles. The van der Waals surface area contributed by atoms with Crippen LogP contribution in [0.25, 0.3) is 0 Å². The predicted octanol–water partition coefficient (Wildman–Crippen LogP) is 2.80. The van der Waals surface area contributed by atoms with E-state index >= 15 is 0 Å². The Balaban J connectivity index is 2.13. The van der Waals surface area contributed by atoms with E-state index in [1.165, 1.54) is 0 Å². The minimum absolute atomic E-state index is 0.0970. The van der Waals surface area contributed by atoms with Crippen LogP contribution in [0.1, 0.15) is 62.1 Å². The number of likely N-dealkylation sites (tertiary alicyclic amines) is 1. The van der Waals surface area contributed by atoms with Gasteiger partial charge in [-0.25, -0.2) is 0 Å². The van der Waals surface area contributed by atoms with Gasteiger partial charge in [0.1, 0.15) is 0 Å². The Bertz CT molecular complexity index is 510. The SMILES string of the molecule is COC1(C)CCCN(C(=O)c2cnn(C(C)C)c2C)CC1. The van der Waals surface area contributed by atoms with Crippen molar-refractivity contribution >= 4 is 5.91 Å². The number of hydrogen-bond donors (Lipinski definition) is 0. The van der Waals surface area contributed by atoms with Crippen molar-refractivity contribution in [1.82, 2.24) is 14.7 Å². The van der Waals surface area contributed by atoms with E-state index < -0.39 is 0 Å². The van der Waals surface area contributed by atoms with Crippen LogP contribution in [0.2, 0.25) is 0 Å². The Labute approximate surface area is 127 Å². The molecule has 5 nitrogen and oxygen atoms in total. The number of hydrogen-bond acceptors (Lipinski definition) is 3. The summed E-state index contributed by atoms with van der Waals surface area (Å²) in [5, 5.41) is 4.34. The first-order chi connectivity index (χ1) is 9.88. The highest BCUT2D eigenvalue weighted by Crippen LogP contribution is 2.26. The molecule has 0 bridgehead atoms. The fraction of sp³-hybridized carbons (Fsp3) is 0.750. The summed E-state index contributed by atoms with van der Waals surface area (Å²) in [5.74, 6) is 0.0970. The Kier molecular flexibility index (Phi) is 4.71. The van der Waals surface area contributed by atoms with Gasteiger partial charge < -0.3 is 9.64 Å². The molecule has 1 amide bonds. The minimum atomic E-state index is -0.105. The van der Waals surface area contributed by atoms with Gasteiger partial charge in [-0.1, -0.05) is 0 Å². The van der Waals surface area contributed by atoms with Gasteiger partial charge in [-0.2, -0.15) is 5.10 Å². The van der Waals surface area contributed by atoms with Crippen molar-refractivity contribution < 1.29 is 9.53 Å². The molecule has 1 aromatic heterocycles. The maximum atomic E-state index is 12.7. The maximum absolute atomic E-state index is 12.7. The lowest BCUT2D eigenvalue weighted by Gasteiger charge is -2.26. The molecule has 0 saturated carbocycles. The zero-order valence-electron chi connectivity index (χ0n) is 13.8. The van der Waals surface area contributed by atoms with Crippen LogP contribution in [0.3, 0.4) is 0 Å². The van der Waals surface area contributed by atoms with Gasteiger partial charge in [-0.15, -0.1) is 0 Å². The van der Waals surface area contributed by atoms with Crippen LogP contribution < -0.4 is 0 Å². The summed E-state index contributed by atoms with van der Waals surface area (Å²) in [7, 11) is 1.76. The third-order valence-electron chi connectivity index (χ3n) is 4.59. The monoisotopic (exact) mass is 293 g/mol. The predicted molar refractivity (Wildman–Crippen MR) is 82.5 cm³/mol. The molecule has 0 aliphatic carbocycles. The molecular formula is C16H27N3O2. The minimum Gasteiger partial charge on any atom is -0.378 e. The highest BCUT2D eigenvalue weighted by Gasteiger charge is 2.30. The fourth-order valence-corrected chi connectivity index (χ4v) is 2.98. The van der Waals surface area contributed by atoms with Crippen molar-refractivity contribution in [2.24, 2.45) is 0 Å². The number of carbonyl (C=O) groups is 1. The number of ether oxygens (including phenoxy) is 1. The third-order valence-corrected chi connectivity index (χ3v) is 4.59. The largest absolute Gasteiger partial charge is 0.378 e. The molecule has 0 radical (unpaired) electrons. The summed E-state index contributed by atoms with van der Waals surface area (Å²) in [5.41, 5.74) is 1.57. The number of amides is 1. The first kappa shape index (κ1) is 16.0. The van der Waals surface area contributed by atoms with Gasteiger partial charge in [0.25, 0.3) is 5.91 Å². The standard InChI is InChI=1S/C16H27N3O2/c1-12(2)19-13(3)14(11-17-19)15(20)18-9-6-7-16(4,21-5)8-10-18/h11-12H,6-10H2,1-5H3. The molecule has 1 saturated heterocycles. The first-order valence-corrected chi connectivity index (χ1v) is 7.76. The fourth-order valence-electron chi connectivity index (χ4n) is 2.98. The average Bonchev–Trinajstić information content (AvgIpc) is 2.72. The van der Waals surface area contributed by atoms with Crippen LogP contribution in [-0.2, 0) is 4.74 Å². The Morgan fingerprint density at radius 3 is 2.67 bits per heavy atom. The van der Waals surface area contributed by atoms with E-state index in [0.29, 0.717) is 0 Å². The highest BCUT2D eigenvalue weighted by molar-refractivity contribution is 5.95. The van der Waals surface area contributed by atoms with Crippen LogP contribution in [0, 0.1) is 6.92 Å². The zero-order valence-corrected chi connectivity index (χ0v) is 13.8. The molecule has 1 aliphatic rings. The molecule has 1 fully saturated rings. The van der Waals surface area contributed by atoms with Gasteiger partial charge in [0.15, 0.2) is 0 Å². The Hall–Kier alpha value is -1.36. The van der Waals surface area contributed by atoms with E-state index in [4.69, 9.17) is 4.74 Å². The summed E-state index contributed by atoms with van der Waals surface area (Å²) in [6.45, 7) is 9.79. The topological polar surface area (TPSA) is 47.4 Å². The average molecular weight is 293 g/mol. The smallest absolute Gasteiger partial charge is 0.257 e. The second kappa shape index (κ2) is 6.18. The van der Waals surface area contributed by atoms with Gasteiger partial charge >= 0.3 is 0 Å². The number of carbonyl (C=O) groups excluding carboxylic acids is 1. The van der Waals surface area contributed by atoms with Crippen molar-refractivity contribution in [3.63, 3.8) is 0 Å². The molecule has 118 valence electrons. The summed E-state index contributed by atoms with van der Waals surface area (Å²) in [6, 6.07) is 0.271. The van der Waals surface area contributed by atoms with E-state index in [9.17, 15) is 4.79 Å². The zero-order chi connectivity index (χ0) is 15.6. The second-order valence-corrected chi connectivity index (χ2v) is 6.48. The maximum Gasteiger partial charge on any atom is 0.257 e. The van der Waals surface area contributed by atoms with Crippen molar-refractivity contribution in [3.05, 3.63) is 17.5 Å². The van der Waals surface area contributed by atoms with Gasteiger partial charge in [-0.05, 0) is 47.0 Å². The molecule has 0 N–H and O–H groups in total. The van der Waals surface area contributed by atoms with E-state index in [2.05, 4.69) is 25.9 Å². The molecule has 2 rings (SSSR count). The number of aromatic nitrogens is 2. The molecule has 0 aromatic carbocycles. The highest BCUT2D eigenvalue weighted by atomic mass is 16.5. The van der Waals surface area contributed by atoms with Crippen LogP contribution in [0.5, 0.6) is 0 Å². The van der Waals surface area contributed by atoms with Crippen LogP contribution in [-0.4, -0.2) is 46.4 Å². The normalized spacial score (nSPS) is 23.4. The van der Waals surface area contributed by atoms with E-state index in [-0.39, 0.29) is 17.6 Å². The molecule has 1 unspecified atom stereocenters. The molecule has 1 aromatic rings. The van der Waals surface area contributed by atoms with E-state index in [1.54, 1.807) is 13.3 Å². The van der Waals surface area contributed by atoms with Gasteiger partial charge in [-0.3, -0.25) is 9.48 Å². The van der Waals surface area contributed by atoms with Crippen LogP contribution >= 0.6 is 0 Å². The molecule has 5 heteroatoms. The third kappa shape index (κ3) is 3.28. The summed E-state index contributed by atoms with van der Waals surface area (Å²) in [4.78, 5) is 14.7. The summed E-state index contributed by atoms with van der Waals surface area (Å²) < 4.78 is 7.50.